The lowest BCUT2D eigenvalue weighted by Gasteiger charge is -2.32. The molecule has 1 fully saturated rings. The van der Waals surface area contributed by atoms with Gasteiger partial charge in [-0.25, -0.2) is 4.68 Å². The molecular weight excluding hydrogens is 382 g/mol. The smallest absolute Gasteiger partial charge is 0.258 e. The van der Waals surface area contributed by atoms with Gasteiger partial charge in [-0.05, 0) is 55.5 Å². The number of pyridine rings is 1. The molecule has 3 N–H and O–H groups in total. The molecule has 1 atom stereocenters. The molecule has 160 valence electrons. The fourth-order valence-corrected chi connectivity index (χ4v) is 4.26. The van der Waals surface area contributed by atoms with Gasteiger partial charge in [-0.3, -0.25) is 4.79 Å². The monoisotopic (exact) mass is 413 g/mol. The quantitative estimate of drug-likeness (QED) is 0.482. The predicted molar refractivity (Wildman–Crippen MR) is 113 cm³/mol. The lowest BCUT2D eigenvalue weighted by molar-refractivity contribution is -1.02. The molecule has 3 heterocycles. The lowest BCUT2D eigenvalue weighted by atomic mass is 10.0. The van der Waals surface area contributed by atoms with Gasteiger partial charge in [0, 0.05) is 10.9 Å². The number of nitrogens with one attached hydrogen (secondary N) is 3. The highest BCUT2D eigenvalue weighted by Gasteiger charge is 2.37. The van der Waals surface area contributed by atoms with E-state index >= 15 is 0 Å². The maximum Gasteiger partial charge on any atom is 0.258 e. The summed E-state index contributed by atoms with van der Waals surface area (Å²) < 4.78 is 7.50. The average Bonchev–Trinajstić information content (AvgIpc) is 3.20. The van der Waals surface area contributed by atoms with Crippen molar-refractivity contribution in [3.05, 3.63) is 46.0 Å². The predicted octanol–water partition coefficient (Wildman–Crippen LogP) is -1.00. The molecule has 0 amide bonds. The summed E-state index contributed by atoms with van der Waals surface area (Å²) in [4.78, 5) is 19.1. The molecular formula is C21H31N7O2+2. The van der Waals surface area contributed by atoms with Crippen molar-refractivity contribution in [2.45, 2.75) is 32.9 Å². The van der Waals surface area contributed by atoms with Gasteiger partial charge in [0.1, 0.15) is 31.9 Å². The Kier molecular flexibility index (Phi) is 5.83. The summed E-state index contributed by atoms with van der Waals surface area (Å²) in [6, 6.07) is 7.62. The van der Waals surface area contributed by atoms with Crippen molar-refractivity contribution in [1.29, 1.82) is 0 Å². The number of quaternary nitrogens is 2. The van der Waals surface area contributed by atoms with Gasteiger partial charge in [-0.2, -0.15) is 0 Å². The third-order valence-electron chi connectivity index (χ3n) is 5.89. The highest BCUT2D eigenvalue weighted by Crippen LogP contribution is 2.23. The topological polar surface area (TPSA) is 94.6 Å². The Bertz CT molecular complexity index is 1070. The second-order valence-electron chi connectivity index (χ2n) is 8.36. The summed E-state index contributed by atoms with van der Waals surface area (Å²) in [5, 5.41) is 13.5. The number of likely N-dealkylation sites (N-methyl/N-ethyl adjacent to an activating group) is 1. The van der Waals surface area contributed by atoms with Gasteiger partial charge in [0.25, 0.3) is 5.56 Å². The normalized spacial score (nSPS) is 20.6. The van der Waals surface area contributed by atoms with Crippen LogP contribution in [0.1, 0.15) is 44.2 Å². The Morgan fingerprint density at radius 2 is 1.97 bits per heavy atom. The number of benzene rings is 1. The van der Waals surface area contributed by atoms with Crippen LogP contribution < -0.4 is 20.1 Å². The molecule has 0 spiro atoms. The van der Waals surface area contributed by atoms with Crippen LogP contribution in [0.2, 0.25) is 0 Å². The molecule has 0 aliphatic carbocycles. The second kappa shape index (κ2) is 8.53. The standard InChI is InChI=1S/C21H29N7O2/c1-5-30-16-6-7-18-15(12-16)13-17(21(29)22-18)19(27-10-8-26(4)9-11-27)20-23-24-25-28(20)14(2)3/h6-7,12-14,19H,5,8-11H2,1-4H3,(H,22,29)/p+2/t19-/m1/s1. The number of piperazine rings is 1. The number of nitrogens with zero attached hydrogens (tertiary/aromatic N) is 4. The SMILES string of the molecule is CCOc1ccc2[nH]c(=O)c([C@H](c3nnnn3C(C)C)[NH+]3CC[NH+](C)CC3)cc2c1. The van der Waals surface area contributed by atoms with E-state index in [1.54, 1.807) is 0 Å². The van der Waals surface area contributed by atoms with E-state index < -0.39 is 0 Å². The molecule has 2 aromatic heterocycles. The molecule has 30 heavy (non-hydrogen) atoms. The zero-order chi connectivity index (χ0) is 21.3. The molecule has 1 aromatic carbocycles. The van der Waals surface area contributed by atoms with E-state index in [2.05, 4.69) is 41.4 Å². The van der Waals surface area contributed by atoms with Crippen LogP contribution in [0.15, 0.2) is 29.1 Å². The molecule has 1 aliphatic rings. The van der Waals surface area contributed by atoms with Crippen LogP contribution in [-0.2, 0) is 0 Å². The molecule has 4 rings (SSSR count). The third-order valence-corrected chi connectivity index (χ3v) is 5.89. The van der Waals surface area contributed by atoms with Gasteiger partial charge in [-0.15, -0.1) is 5.10 Å². The molecule has 0 bridgehead atoms. The largest absolute Gasteiger partial charge is 0.494 e. The van der Waals surface area contributed by atoms with E-state index in [0.717, 1.165) is 48.7 Å². The van der Waals surface area contributed by atoms with Crippen LogP contribution in [0.3, 0.4) is 0 Å². The van der Waals surface area contributed by atoms with Crippen molar-refractivity contribution in [1.82, 2.24) is 25.2 Å². The van der Waals surface area contributed by atoms with Crippen LogP contribution in [0, 0.1) is 0 Å². The number of hydrogen-bond acceptors (Lipinski definition) is 5. The Hall–Kier alpha value is -2.78. The van der Waals surface area contributed by atoms with Gasteiger partial charge in [0.05, 0.1) is 25.3 Å². The first kappa shape index (κ1) is 20.5. The van der Waals surface area contributed by atoms with Crippen molar-refractivity contribution >= 4 is 10.9 Å². The number of H-pyrrole nitrogens is 1. The number of ether oxygens (including phenoxy) is 1. The highest BCUT2D eigenvalue weighted by atomic mass is 16.5. The molecule has 1 saturated heterocycles. The molecule has 0 saturated carbocycles. The van der Waals surface area contributed by atoms with E-state index in [1.807, 2.05) is 35.9 Å². The molecule has 0 unspecified atom stereocenters. The zero-order valence-electron chi connectivity index (χ0n) is 18.1. The van der Waals surface area contributed by atoms with Gasteiger partial charge in [0.2, 0.25) is 5.82 Å². The van der Waals surface area contributed by atoms with Crippen LogP contribution in [-0.4, -0.2) is 65.0 Å². The zero-order valence-corrected chi connectivity index (χ0v) is 18.1. The second-order valence-corrected chi connectivity index (χ2v) is 8.36. The third kappa shape index (κ3) is 3.95. The Balaban J connectivity index is 1.85. The van der Waals surface area contributed by atoms with Crippen molar-refractivity contribution < 1.29 is 14.5 Å². The molecule has 9 nitrogen and oxygen atoms in total. The van der Waals surface area contributed by atoms with E-state index in [0.29, 0.717) is 12.2 Å². The molecule has 3 aromatic rings. The minimum Gasteiger partial charge on any atom is -0.494 e. The maximum absolute atomic E-state index is 13.2. The summed E-state index contributed by atoms with van der Waals surface area (Å²) in [5.74, 6) is 1.53. The maximum atomic E-state index is 13.2. The number of aromatic nitrogens is 5. The van der Waals surface area contributed by atoms with Crippen molar-refractivity contribution in [3.8, 4) is 5.75 Å². The van der Waals surface area contributed by atoms with Crippen molar-refractivity contribution in [2.75, 3.05) is 39.8 Å². The molecule has 0 radical (unpaired) electrons. The summed E-state index contributed by atoms with van der Waals surface area (Å²) in [5.41, 5.74) is 1.41. The van der Waals surface area contributed by atoms with E-state index in [1.165, 1.54) is 9.80 Å². The van der Waals surface area contributed by atoms with Gasteiger partial charge in [0.15, 0.2) is 6.04 Å². The molecule has 1 aliphatic heterocycles. The number of tetrazole rings is 1. The van der Waals surface area contributed by atoms with Crippen LogP contribution in [0.25, 0.3) is 10.9 Å². The van der Waals surface area contributed by atoms with Gasteiger partial charge in [-0.1, -0.05) is 0 Å². The summed E-state index contributed by atoms with van der Waals surface area (Å²) >= 11 is 0. The van der Waals surface area contributed by atoms with E-state index in [4.69, 9.17) is 4.74 Å². The number of fused-ring (bicyclic) bond motifs is 1. The van der Waals surface area contributed by atoms with Crippen LogP contribution >= 0.6 is 0 Å². The number of rotatable bonds is 6. The van der Waals surface area contributed by atoms with Gasteiger partial charge >= 0.3 is 0 Å². The number of aromatic amines is 1. The fraction of sp³-hybridized carbons (Fsp3) is 0.524. The van der Waals surface area contributed by atoms with Crippen molar-refractivity contribution in [2.24, 2.45) is 0 Å². The van der Waals surface area contributed by atoms with E-state index in [-0.39, 0.29) is 17.6 Å². The van der Waals surface area contributed by atoms with Crippen LogP contribution in [0.5, 0.6) is 5.75 Å². The summed E-state index contributed by atoms with van der Waals surface area (Å²) in [6.45, 7) is 10.7. The first-order chi connectivity index (χ1) is 14.5. The van der Waals surface area contributed by atoms with E-state index in [9.17, 15) is 4.79 Å². The first-order valence-electron chi connectivity index (χ1n) is 10.7. The average molecular weight is 414 g/mol. The minimum absolute atomic E-state index is 0.0891. The Morgan fingerprint density at radius 1 is 1.20 bits per heavy atom. The highest BCUT2D eigenvalue weighted by molar-refractivity contribution is 5.80. The Morgan fingerprint density at radius 3 is 2.67 bits per heavy atom. The summed E-state index contributed by atoms with van der Waals surface area (Å²) in [7, 11) is 2.21. The molecule has 9 heteroatoms. The lowest BCUT2D eigenvalue weighted by Crippen LogP contribution is -3.27. The summed E-state index contributed by atoms with van der Waals surface area (Å²) in [6.07, 6.45) is 0. The van der Waals surface area contributed by atoms with Crippen LogP contribution in [0.4, 0.5) is 0 Å². The van der Waals surface area contributed by atoms with Gasteiger partial charge < -0.3 is 19.5 Å². The van der Waals surface area contributed by atoms with Crippen molar-refractivity contribution in [3.63, 3.8) is 0 Å². The number of hydrogen-bond donors (Lipinski definition) is 3. The fourth-order valence-electron chi connectivity index (χ4n) is 4.26. The first-order valence-corrected chi connectivity index (χ1v) is 10.7. The Labute approximate surface area is 175 Å². The minimum atomic E-state index is -0.223.